The topological polar surface area (TPSA) is 38.3 Å². The van der Waals surface area contributed by atoms with E-state index in [1.54, 1.807) is 6.92 Å². The summed E-state index contributed by atoms with van der Waals surface area (Å²) in [7, 11) is 0. The molecule has 1 amide bonds. The van der Waals surface area contributed by atoms with Crippen LogP contribution in [0.15, 0.2) is 0 Å². The number of amides is 1. The zero-order valence-electron chi connectivity index (χ0n) is 4.61. The van der Waals surface area contributed by atoms with Crippen LogP contribution in [0.5, 0.6) is 0 Å². The van der Waals surface area contributed by atoms with E-state index in [0.717, 1.165) is 0 Å². The molecule has 1 N–H and O–H groups in total. The lowest BCUT2D eigenvalue weighted by atomic mass is 10.8. The van der Waals surface area contributed by atoms with Gasteiger partial charge in [-0.2, -0.15) is 0 Å². The summed E-state index contributed by atoms with van der Waals surface area (Å²) in [6, 6.07) is -0.0914. The Kier molecular flexibility index (Phi) is 4.45. The Balaban J connectivity index is 3.06. The highest BCUT2D eigenvalue weighted by Gasteiger charge is 1.93. The van der Waals surface area contributed by atoms with Crippen LogP contribution in [-0.2, 0) is 4.74 Å². The number of nitrogens with one attached hydrogen (secondary N) is 1. The van der Waals surface area contributed by atoms with E-state index in [4.69, 9.17) is 11.6 Å². The molecule has 0 fully saturated rings. The first-order valence-corrected chi connectivity index (χ1v) is 2.81. The summed E-state index contributed by atoms with van der Waals surface area (Å²) in [6.07, 6.45) is -0.470. The highest BCUT2D eigenvalue weighted by molar-refractivity contribution is 6.17. The zero-order chi connectivity index (χ0) is 6.41. The van der Waals surface area contributed by atoms with Gasteiger partial charge >= 0.3 is 6.09 Å². The molecule has 0 spiro atoms. The Morgan fingerprint density at radius 2 is 2.50 bits per heavy atom. The van der Waals surface area contributed by atoms with Crippen LogP contribution in [0.4, 0.5) is 4.79 Å². The molecule has 0 aliphatic heterocycles. The van der Waals surface area contributed by atoms with Crippen molar-refractivity contribution in [2.45, 2.75) is 6.92 Å². The van der Waals surface area contributed by atoms with E-state index in [9.17, 15) is 4.79 Å². The first kappa shape index (κ1) is 7.56. The molecule has 48 valence electrons. The largest absolute Gasteiger partial charge is 0.433 e. The molecular weight excluding hydrogens is 130 g/mol. The summed E-state index contributed by atoms with van der Waals surface area (Å²) in [5.74, 6) is 0. The van der Waals surface area contributed by atoms with E-state index in [0.29, 0.717) is 6.54 Å². The van der Waals surface area contributed by atoms with Crippen LogP contribution < -0.4 is 5.32 Å². The lowest BCUT2D eigenvalue weighted by Crippen LogP contribution is -2.22. The number of alkyl halides is 1. The number of carbonyl (C=O) groups excluding carboxylic acids is 1. The van der Waals surface area contributed by atoms with Gasteiger partial charge in [0.25, 0.3) is 0 Å². The third-order valence-corrected chi connectivity index (χ3v) is 0.616. The second kappa shape index (κ2) is 4.71. The molecule has 8 heavy (non-hydrogen) atoms. The number of rotatable bonds is 2. The van der Waals surface area contributed by atoms with E-state index < -0.39 is 6.09 Å². The summed E-state index contributed by atoms with van der Waals surface area (Å²) in [5.41, 5.74) is 0. The fourth-order valence-corrected chi connectivity index (χ4v) is 0.344. The van der Waals surface area contributed by atoms with Crippen LogP contribution in [0.25, 0.3) is 0 Å². The number of halogens is 1. The van der Waals surface area contributed by atoms with Gasteiger partial charge in [-0.15, -0.1) is 0 Å². The van der Waals surface area contributed by atoms with Gasteiger partial charge in [0.1, 0.15) is 0 Å². The van der Waals surface area contributed by atoms with Gasteiger partial charge in [-0.1, -0.05) is 11.6 Å². The zero-order valence-corrected chi connectivity index (χ0v) is 5.36. The van der Waals surface area contributed by atoms with Gasteiger partial charge < -0.3 is 10.1 Å². The van der Waals surface area contributed by atoms with Crippen LogP contribution in [0.2, 0.25) is 0 Å². The monoisotopic (exact) mass is 137 g/mol. The second-order valence-corrected chi connectivity index (χ2v) is 1.29. The van der Waals surface area contributed by atoms with Crippen LogP contribution in [0.3, 0.4) is 0 Å². The highest BCUT2D eigenvalue weighted by Crippen LogP contribution is 1.78. The van der Waals surface area contributed by atoms with Crippen LogP contribution >= 0.6 is 11.6 Å². The molecule has 0 atom stereocenters. The molecular formula is C4H8ClNO2. The molecule has 0 aromatic rings. The standard InChI is InChI=1S/C4H8ClNO2/c1-2-6-4(7)8-3-5/h2-3H2,1H3,(H,6,7). The summed E-state index contributed by atoms with van der Waals surface area (Å²) >= 11 is 5.05. The third-order valence-electron chi connectivity index (χ3n) is 0.507. The van der Waals surface area contributed by atoms with Gasteiger partial charge in [-0.3, -0.25) is 0 Å². The Hall–Kier alpha value is -0.440. The van der Waals surface area contributed by atoms with Gasteiger partial charge in [0.05, 0.1) is 0 Å². The number of hydrogen-bond acceptors (Lipinski definition) is 2. The lowest BCUT2D eigenvalue weighted by Gasteiger charge is -1.98. The first-order chi connectivity index (χ1) is 3.81. The Morgan fingerprint density at radius 1 is 1.88 bits per heavy atom. The average molecular weight is 138 g/mol. The van der Waals surface area contributed by atoms with E-state index in [1.807, 2.05) is 0 Å². The van der Waals surface area contributed by atoms with Crippen molar-refractivity contribution < 1.29 is 9.53 Å². The summed E-state index contributed by atoms with van der Waals surface area (Å²) in [5, 5.41) is 2.40. The van der Waals surface area contributed by atoms with Crippen molar-refractivity contribution in [1.82, 2.24) is 5.32 Å². The smallest absolute Gasteiger partial charge is 0.408 e. The van der Waals surface area contributed by atoms with Crippen LogP contribution in [0.1, 0.15) is 6.92 Å². The van der Waals surface area contributed by atoms with E-state index in [2.05, 4.69) is 10.1 Å². The van der Waals surface area contributed by atoms with Gasteiger partial charge in [-0.25, -0.2) is 4.79 Å². The molecule has 0 unspecified atom stereocenters. The fourth-order valence-electron chi connectivity index (χ4n) is 0.245. The predicted molar refractivity (Wildman–Crippen MR) is 30.9 cm³/mol. The SMILES string of the molecule is CCNC(=O)OCCl. The molecule has 0 rings (SSSR count). The molecule has 3 nitrogen and oxygen atoms in total. The van der Waals surface area contributed by atoms with Crippen molar-refractivity contribution in [3.05, 3.63) is 0 Å². The lowest BCUT2D eigenvalue weighted by molar-refractivity contribution is 0.165. The van der Waals surface area contributed by atoms with Gasteiger partial charge in [0, 0.05) is 6.54 Å². The third kappa shape index (κ3) is 3.74. The van der Waals surface area contributed by atoms with Crippen molar-refractivity contribution in [1.29, 1.82) is 0 Å². The molecule has 0 saturated heterocycles. The molecule has 0 aromatic heterocycles. The Bertz CT molecular complexity index is 68.4. The summed E-state index contributed by atoms with van der Waals surface area (Å²) < 4.78 is 4.30. The first-order valence-electron chi connectivity index (χ1n) is 2.27. The van der Waals surface area contributed by atoms with E-state index in [1.165, 1.54) is 0 Å². The highest BCUT2D eigenvalue weighted by atomic mass is 35.5. The quantitative estimate of drug-likeness (QED) is 0.575. The molecule has 0 radical (unpaired) electrons. The molecule has 0 heterocycles. The molecule has 0 saturated carbocycles. The minimum atomic E-state index is -0.470. The predicted octanol–water partition coefficient (Wildman–Crippen LogP) is 0.929. The maximum atomic E-state index is 10.2. The number of alkyl carbamates (subject to hydrolysis) is 1. The Labute approximate surface area is 53.0 Å². The van der Waals surface area contributed by atoms with Crippen LogP contribution in [0, 0.1) is 0 Å². The molecule has 0 bridgehead atoms. The maximum Gasteiger partial charge on any atom is 0.408 e. The second-order valence-electron chi connectivity index (χ2n) is 1.07. The minimum Gasteiger partial charge on any atom is -0.433 e. The molecule has 0 aliphatic carbocycles. The van der Waals surface area contributed by atoms with Gasteiger partial charge in [-0.05, 0) is 6.92 Å². The van der Waals surface area contributed by atoms with Crippen molar-refractivity contribution in [3.63, 3.8) is 0 Å². The number of ether oxygens (including phenoxy) is 1. The fraction of sp³-hybridized carbons (Fsp3) is 0.750. The molecule has 0 aromatic carbocycles. The van der Waals surface area contributed by atoms with Crippen molar-refractivity contribution in [3.8, 4) is 0 Å². The van der Waals surface area contributed by atoms with Crippen LogP contribution in [-0.4, -0.2) is 18.7 Å². The van der Waals surface area contributed by atoms with Crippen molar-refractivity contribution in [2.75, 3.05) is 12.6 Å². The van der Waals surface area contributed by atoms with Gasteiger partial charge in [0.2, 0.25) is 0 Å². The van der Waals surface area contributed by atoms with E-state index >= 15 is 0 Å². The van der Waals surface area contributed by atoms with Crippen molar-refractivity contribution >= 4 is 17.7 Å². The normalized spacial score (nSPS) is 8.25. The molecule has 4 heteroatoms. The maximum absolute atomic E-state index is 10.2. The van der Waals surface area contributed by atoms with Gasteiger partial charge in [0.15, 0.2) is 6.07 Å². The summed E-state index contributed by atoms with van der Waals surface area (Å²) in [4.78, 5) is 10.2. The molecule has 0 aliphatic rings. The average Bonchev–Trinajstić information content (AvgIpc) is 1.68. The Morgan fingerprint density at radius 3 is 2.88 bits per heavy atom. The van der Waals surface area contributed by atoms with Crippen molar-refractivity contribution in [2.24, 2.45) is 0 Å². The number of hydrogen-bond donors (Lipinski definition) is 1. The minimum absolute atomic E-state index is 0.0914. The summed E-state index contributed by atoms with van der Waals surface area (Å²) in [6.45, 7) is 2.37. The van der Waals surface area contributed by atoms with E-state index in [-0.39, 0.29) is 6.07 Å². The number of carbonyl (C=O) groups is 1.